The normalized spacial score (nSPS) is 17.3. The van der Waals surface area contributed by atoms with Crippen LogP contribution in [0.15, 0.2) is 0 Å². The van der Waals surface area contributed by atoms with E-state index in [1.54, 1.807) is 34.6 Å². The largest absolute Gasteiger partial charge is 0.481 e. The molecule has 1 aliphatic rings. The van der Waals surface area contributed by atoms with Gasteiger partial charge in [0.05, 0.1) is 6.04 Å². The second-order valence-electron chi connectivity index (χ2n) is 19.7. The average Bonchev–Trinajstić information content (AvgIpc) is 3.78. The van der Waals surface area contributed by atoms with E-state index in [4.69, 9.17) is 17.2 Å². The minimum absolute atomic E-state index is 0.0381. The minimum atomic E-state index is -1.44. The standard InChI is InChI=1S/C47H83N11O13/c1-10-27(8)38(57-40(63)29(49)16-18-35(50)59)45(68)54-32(22-24(2)3)42(65)56-37(26(6)7)44(67)51-28(9)39(62)53-31(14-11-12-20-48)46(69)58-21-13-15-34(58)43(66)52-30(17-19-36(60)61)41(64)55-33(47(70)71)23-25(4)5/h24-34,37-38H,10-23,48-49H2,1-9H3,(H2,50,59)(H,51,67)(H,52,66)(H,53,62)(H,54,68)(H,55,64)(H,56,65)(H,57,63)(H,60,61)(H,70,71)/t27-,28-,29-,30-,31-,32-,33-,34-,37-,38-/m0/s1. The summed E-state index contributed by atoms with van der Waals surface area (Å²) in [6.07, 6.45) is 1.13. The third-order valence-corrected chi connectivity index (χ3v) is 12.2. The van der Waals surface area contributed by atoms with Crippen LogP contribution in [0.3, 0.4) is 0 Å². The van der Waals surface area contributed by atoms with Crippen LogP contribution in [0.4, 0.5) is 0 Å². The van der Waals surface area contributed by atoms with Crippen LogP contribution >= 0.6 is 0 Å². The van der Waals surface area contributed by atoms with Crippen LogP contribution in [-0.4, -0.2) is 148 Å². The average molecular weight is 1010 g/mol. The number of amides is 9. The van der Waals surface area contributed by atoms with Crippen LogP contribution in [0.1, 0.15) is 139 Å². The van der Waals surface area contributed by atoms with Crippen LogP contribution in [0.25, 0.3) is 0 Å². The predicted octanol–water partition coefficient (Wildman–Crippen LogP) is -1.14. The third kappa shape index (κ3) is 22.4. The van der Waals surface area contributed by atoms with Gasteiger partial charge in [0.2, 0.25) is 53.2 Å². The molecule has 0 saturated carbocycles. The van der Waals surface area contributed by atoms with Crippen molar-refractivity contribution >= 4 is 65.1 Å². The van der Waals surface area contributed by atoms with E-state index in [0.29, 0.717) is 25.7 Å². The first-order valence-electron chi connectivity index (χ1n) is 24.8. The van der Waals surface area contributed by atoms with E-state index in [2.05, 4.69) is 37.2 Å². The van der Waals surface area contributed by atoms with Gasteiger partial charge in [-0.1, -0.05) is 61.8 Å². The molecule has 0 spiro atoms. The smallest absolute Gasteiger partial charge is 0.326 e. The zero-order valence-electron chi connectivity index (χ0n) is 43.0. The van der Waals surface area contributed by atoms with Crippen LogP contribution < -0.4 is 54.4 Å². The van der Waals surface area contributed by atoms with Crippen LogP contribution in [0.2, 0.25) is 0 Å². The summed E-state index contributed by atoms with van der Waals surface area (Å²) in [7, 11) is 0. The van der Waals surface area contributed by atoms with Gasteiger partial charge in [0.25, 0.3) is 0 Å². The van der Waals surface area contributed by atoms with Gasteiger partial charge in [-0.2, -0.15) is 0 Å². The second-order valence-corrected chi connectivity index (χ2v) is 19.7. The van der Waals surface area contributed by atoms with Crippen molar-refractivity contribution in [2.24, 2.45) is 40.9 Å². The number of likely N-dealkylation sites (tertiary alicyclic amines) is 1. The fourth-order valence-electron chi connectivity index (χ4n) is 7.83. The molecule has 1 fully saturated rings. The van der Waals surface area contributed by atoms with Gasteiger partial charge in [-0.25, -0.2) is 4.79 Å². The highest BCUT2D eigenvalue weighted by molar-refractivity contribution is 5.98. The highest BCUT2D eigenvalue weighted by atomic mass is 16.4. The van der Waals surface area contributed by atoms with Crippen molar-refractivity contribution in [1.82, 2.24) is 42.1 Å². The SMILES string of the molecule is CC[C@H](C)[C@H](NC(=O)[C@@H](N)CCC(N)=O)C(=O)N[C@@H](CC(C)C)C(=O)N[C@H](C(=O)N[C@@H](C)C(=O)N[C@@H](CCCCN)C(=O)N1CCC[C@H]1C(=O)N[C@@H](CCC(=O)O)C(=O)N[C@@H](CC(C)C)C(=O)O)C(C)C. The number of carbonyl (C=O) groups is 11. The Kier molecular flexibility index (Phi) is 27.9. The Bertz CT molecular complexity index is 1850. The summed E-state index contributed by atoms with van der Waals surface area (Å²) < 4.78 is 0. The zero-order valence-corrected chi connectivity index (χ0v) is 43.0. The van der Waals surface area contributed by atoms with Crippen LogP contribution in [0.5, 0.6) is 0 Å². The van der Waals surface area contributed by atoms with Gasteiger partial charge in [0.1, 0.15) is 48.3 Å². The molecule has 1 rings (SSSR count). The molecule has 24 heteroatoms. The number of hydrogen-bond acceptors (Lipinski definition) is 13. The van der Waals surface area contributed by atoms with Gasteiger partial charge in [-0.15, -0.1) is 0 Å². The number of primary amides is 1. The van der Waals surface area contributed by atoms with Crippen molar-refractivity contribution in [3.8, 4) is 0 Å². The summed E-state index contributed by atoms with van der Waals surface area (Å²) in [6.45, 7) is 15.8. The number of aliphatic carboxylic acids is 2. The van der Waals surface area contributed by atoms with E-state index in [0.717, 1.165) is 0 Å². The first-order valence-corrected chi connectivity index (χ1v) is 24.8. The fraction of sp³-hybridized carbons (Fsp3) is 0.766. The highest BCUT2D eigenvalue weighted by Gasteiger charge is 2.40. The van der Waals surface area contributed by atoms with E-state index < -0.39 is 138 Å². The number of nitrogens with two attached hydrogens (primary N) is 3. The quantitative estimate of drug-likeness (QED) is 0.0346. The zero-order chi connectivity index (χ0) is 54.3. The molecule has 0 aromatic heterocycles. The lowest BCUT2D eigenvalue weighted by Crippen LogP contribution is -2.61. The summed E-state index contributed by atoms with van der Waals surface area (Å²) in [6, 6.07) is -10.9. The Morgan fingerprint density at radius 3 is 1.69 bits per heavy atom. The maximum atomic E-state index is 14.2. The first-order chi connectivity index (χ1) is 33.1. The van der Waals surface area contributed by atoms with Gasteiger partial charge in [-0.05, 0) is 94.9 Å². The molecule has 0 aliphatic carbocycles. The van der Waals surface area contributed by atoms with Crippen molar-refractivity contribution < 1.29 is 63.0 Å². The monoisotopic (exact) mass is 1010 g/mol. The second kappa shape index (κ2) is 31.4. The number of rotatable bonds is 33. The Balaban J connectivity index is 3.27. The molecule has 24 nitrogen and oxygen atoms in total. The maximum absolute atomic E-state index is 14.2. The number of nitrogens with one attached hydrogen (secondary N) is 7. The molecule has 0 unspecified atom stereocenters. The summed E-state index contributed by atoms with van der Waals surface area (Å²) in [5.41, 5.74) is 16.9. The van der Waals surface area contributed by atoms with Crippen molar-refractivity contribution in [2.45, 2.75) is 194 Å². The molecule has 0 aromatic carbocycles. The van der Waals surface area contributed by atoms with Crippen LogP contribution in [-0.2, 0) is 52.7 Å². The van der Waals surface area contributed by atoms with Crippen molar-refractivity contribution in [3.05, 3.63) is 0 Å². The number of unbranched alkanes of at least 4 members (excludes halogenated alkanes) is 1. The minimum Gasteiger partial charge on any atom is -0.481 e. The molecule has 9 amide bonds. The number of carbonyl (C=O) groups excluding carboxylic acids is 9. The molecule has 0 bridgehead atoms. The lowest BCUT2D eigenvalue weighted by Gasteiger charge is -2.31. The molecule has 15 N–H and O–H groups in total. The number of carboxylic acids is 2. The maximum Gasteiger partial charge on any atom is 0.326 e. The topological polar surface area (TPSA) is 394 Å². The molecular formula is C47H83N11O13. The number of carboxylic acid groups (broad SMARTS) is 2. The molecule has 10 atom stereocenters. The molecule has 0 radical (unpaired) electrons. The van der Waals surface area contributed by atoms with E-state index in [-0.39, 0.29) is 69.9 Å². The Morgan fingerprint density at radius 1 is 0.606 bits per heavy atom. The first kappa shape index (κ1) is 63.1. The molecule has 71 heavy (non-hydrogen) atoms. The molecular weight excluding hydrogens is 927 g/mol. The number of nitrogens with zero attached hydrogens (tertiary/aromatic N) is 1. The Hall–Kier alpha value is -5.91. The lowest BCUT2D eigenvalue weighted by molar-refractivity contribution is -0.144. The third-order valence-electron chi connectivity index (χ3n) is 12.2. The van der Waals surface area contributed by atoms with Crippen molar-refractivity contribution in [3.63, 3.8) is 0 Å². The van der Waals surface area contributed by atoms with Crippen molar-refractivity contribution in [1.29, 1.82) is 0 Å². The Morgan fingerprint density at radius 2 is 1.15 bits per heavy atom. The van der Waals surface area contributed by atoms with E-state index in [1.807, 2.05) is 20.8 Å². The van der Waals surface area contributed by atoms with Gasteiger partial charge < -0.3 is 69.5 Å². The van der Waals surface area contributed by atoms with E-state index >= 15 is 0 Å². The van der Waals surface area contributed by atoms with Gasteiger partial charge in [-0.3, -0.25) is 47.9 Å². The van der Waals surface area contributed by atoms with Gasteiger partial charge >= 0.3 is 11.9 Å². The summed E-state index contributed by atoms with van der Waals surface area (Å²) in [5.74, 6) is -10.2. The van der Waals surface area contributed by atoms with Crippen LogP contribution in [0, 0.1) is 23.7 Å². The molecule has 1 heterocycles. The predicted molar refractivity (Wildman–Crippen MR) is 261 cm³/mol. The van der Waals surface area contributed by atoms with E-state index in [9.17, 15) is 63.0 Å². The fourth-order valence-corrected chi connectivity index (χ4v) is 7.83. The molecule has 1 aliphatic heterocycles. The van der Waals surface area contributed by atoms with Crippen molar-refractivity contribution in [2.75, 3.05) is 13.1 Å². The van der Waals surface area contributed by atoms with Gasteiger partial charge in [0.15, 0.2) is 0 Å². The molecule has 1 saturated heterocycles. The molecule has 404 valence electrons. The highest BCUT2D eigenvalue weighted by Crippen LogP contribution is 2.21. The lowest BCUT2D eigenvalue weighted by atomic mass is 9.95. The Labute approximate surface area is 417 Å². The summed E-state index contributed by atoms with van der Waals surface area (Å²) in [4.78, 5) is 145. The number of hydrogen-bond donors (Lipinski definition) is 12. The summed E-state index contributed by atoms with van der Waals surface area (Å²) in [5, 5.41) is 37.3. The summed E-state index contributed by atoms with van der Waals surface area (Å²) >= 11 is 0. The van der Waals surface area contributed by atoms with Gasteiger partial charge in [0, 0.05) is 19.4 Å². The molecule has 0 aromatic rings. The van der Waals surface area contributed by atoms with E-state index in [1.165, 1.54) is 11.8 Å².